The molecule has 2 fully saturated rings. The molecule has 0 spiro atoms. The van der Waals surface area contributed by atoms with Gasteiger partial charge in [0.05, 0.1) is 6.61 Å². The molecule has 2 saturated heterocycles. The molecule has 0 saturated carbocycles. The number of hydrogen-bond acceptors (Lipinski definition) is 3. The van der Waals surface area contributed by atoms with Crippen molar-refractivity contribution >= 4 is 18.3 Å². The minimum Gasteiger partial charge on any atom is -0.371 e. The molecule has 1 N–H and O–H groups in total. The summed E-state index contributed by atoms with van der Waals surface area (Å²) in [6.07, 6.45) is 1.06. The van der Waals surface area contributed by atoms with E-state index in [-0.39, 0.29) is 24.9 Å². The lowest BCUT2D eigenvalue weighted by molar-refractivity contribution is -0.136. The molecule has 0 aromatic heterocycles. The van der Waals surface area contributed by atoms with E-state index in [1.54, 1.807) is 0 Å². The molecule has 4 nitrogen and oxygen atoms in total. The molecule has 0 aromatic carbocycles. The molecule has 5 heteroatoms. The Morgan fingerprint density at radius 2 is 2.29 bits per heavy atom. The highest BCUT2D eigenvalue weighted by atomic mass is 35.5. The standard InChI is InChI=1S/C12H22N2O2.ClH/c1-9(2)6-14-11-3-4-13-5-10(11)7-16-8-12(14)15;/h9-11,13H,3-8H2,1-2H3;1H. The molecule has 17 heavy (non-hydrogen) atoms. The van der Waals surface area contributed by atoms with Crippen molar-refractivity contribution in [3.05, 3.63) is 0 Å². The number of nitrogens with one attached hydrogen (secondary N) is 1. The van der Waals surface area contributed by atoms with Gasteiger partial charge in [0.25, 0.3) is 0 Å². The Hall–Kier alpha value is -0.320. The molecule has 2 unspecified atom stereocenters. The van der Waals surface area contributed by atoms with Gasteiger partial charge in [0, 0.05) is 25.0 Å². The Bertz CT molecular complexity index is 261. The molecule has 0 aliphatic carbocycles. The number of carbonyl (C=O) groups excluding carboxylic acids is 1. The first-order valence-electron chi connectivity index (χ1n) is 6.26. The molecule has 0 radical (unpaired) electrons. The zero-order valence-electron chi connectivity index (χ0n) is 10.6. The summed E-state index contributed by atoms with van der Waals surface area (Å²) >= 11 is 0. The highest BCUT2D eigenvalue weighted by Crippen LogP contribution is 2.22. The van der Waals surface area contributed by atoms with E-state index in [1.165, 1.54) is 0 Å². The van der Waals surface area contributed by atoms with Crippen molar-refractivity contribution in [2.24, 2.45) is 11.8 Å². The number of ether oxygens (including phenoxy) is 1. The average Bonchev–Trinajstić information content (AvgIpc) is 2.40. The Morgan fingerprint density at radius 1 is 1.53 bits per heavy atom. The molecule has 100 valence electrons. The SMILES string of the molecule is CC(C)CN1C(=O)COCC2CNCCC21.Cl. The third kappa shape index (κ3) is 3.57. The number of nitrogens with zero attached hydrogens (tertiary/aromatic N) is 1. The lowest BCUT2D eigenvalue weighted by atomic mass is 9.92. The fourth-order valence-electron chi connectivity index (χ4n) is 2.69. The van der Waals surface area contributed by atoms with Crippen molar-refractivity contribution < 1.29 is 9.53 Å². The van der Waals surface area contributed by atoms with E-state index in [2.05, 4.69) is 24.1 Å². The van der Waals surface area contributed by atoms with Gasteiger partial charge in [-0.1, -0.05) is 13.8 Å². The van der Waals surface area contributed by atoms with E-state index in [9.17, 15) is 4.79 Å². The Morgan fingerprint density at radius 3 is 3.00 bits per heavy atom. The van der Waals surface area contributed by atoms with Crippen molar-refractivity contribution in [1.29, 1.82) is 0 Å². The number of halogens is 1. The quantitative estimate of drug-likeness (QED) is 0.804. The molecule has 2 aliphatic rings. The molecular formula is C12H23ClN2O2. The summed E-state index contributed by atoms with van der Waals surface area (Å²) in [5.74, 6) is 1.17. The predicted octanol–water partition coefficient (Wildman–Crippen LogP) is 0.901. The predicted molar refractivity (Wildman–Crippen MR) is 69.4 cm³/mol. The highest BCUT2D eigenvalue weighted by Gasteiger charge is 2.35. The monoisotopic (exact) mass is 262 g/mol. The van der Waals surface area contributed by atoms with Crippen LogP contribution in [0, 0.1) is 11.8 Å². The summed E-state index contributed by atoms with van der Waals surface area (Å²) in [4.78, 5) is 14.0. The van der Waals surface area contributed by atoms with E-state index in [1.807, 2.05) is 0 Å². The second-order valence-corrected chi connectivity index (χ2v) is 5.28. The summed E-state index contributed by atoms with van der Waals surface area (Å²) in [6, 6.07) is 0.388. The Kier molecular flexibility index (Phi) is 5.70. The van der Waals surface area contributed by atoms with E-state index >= 15 is 0 Å². The van der Waals surface area contributed by atoms with E-state index < -0.39 is 0 Å². The minimum atomic E-state index is 0. The number of hydrogen-bond donors (Lipinski definition) is 1. The van der Waals surface area contributed by atoms with Crippen LogP contribution in [-0.2, 0) is 9.53 Å². The molecule has 2 atom stereocenters. The van der Waals surface area contributed by atoms with Crippen LogP contribution in [0.15, 0.2) is 0 Å². The molecule has 2 rings (SSSR count). The fraction of sp³-hybridized carbons (Fsp3) is 0.917. The Balaban J connectivity index is 0.00000144. The summed E-state index contributed by atoms with van der Waals surface area (Å²) in [5, 5.41) is 3.38. The van der Waals surface area contributed by atoms with Gasteiger partial charge in [-0.05, 0) is 18.9 Å². The maximum Gasteiger partial charge on any atom is 0.248 e. The number of fused-ring (bicyclic) bond motifs is 1. The molecule has 0 aromatic rings. The van der Waals surface area contributed by atoms with Crippen LogP contribution in [0.3, 0.4) is 0 Å². The largest absolute Gasteiger partial charge is 0.371 e. The van der Waals surface area contributed by atoms with Crippen LogP contribution >= 0.6 is 12.4 Å². The molecular weight excluding hydrogens is 240 g/mol. The summed E-state index contributed by atoms with van der Waals surface area (Å²) < 4.78 is 5.46. The van der Waals surface area contributed by atoms with E-state index in [0.717, 1.165) is 32.7 Å². The van der Waals surface area contributed by atoms with Gasteiger partial charge in [0.1, 0.15) is 6.61 Å². The third-order valence-corrected chi connectivity index (χ3v) is 3.41. The molecule has 0 bridgehead atoms. The van der Waals surface area contributed by atoms with Gasteiger partial charge in [-0.3, -0.25) is 4.79 Å². The van der Waals surface area contributed by atoms with Crippen LogP contribution < -0.4 is 5.32 Å². The van der Waals surface area contributed by atoms with E-state index in [4.69, 9.17) is 4.74 Å². The molecule has 2 heterocycles. The van der Waals surface area contributed by atoms with Crippen molar-refractivity contribution in [3.63, 3.8) is 0 Å². The van der Waals surface area contributed by atoms with Crippen molar-refractivity contribution in [3.8, 4) is 0 Å². The summed E-state index contributed by atoms with van der Waals surface area (Å²) in [7, 11) is 0. The van der Waals surface area contributed by atoms with Gasteiger partial charge in [0.2, 0.25) is 5.91 Å². The van der Waals surface area contributed by atoms with Crippen LogP contribution in [0.1, 0.15) is 20.3 Å². The summed E-state index contributed by atoms with van der Waals surface area (Å²) in [5.41, 5.74) is 0. The van der Waals surface area contributed by atoms with Gasteiger partial charge < -0.3 is 15.0 Å². The topological polar surface area (TPSA) is 41.6 Å². The smallest absolute Gasteiger partial charge is 0.248 e. The van der Waals surface area contributed by atoms with E-state index in [0.29, 0.717) is 17.9 Å². The van der Waals surface area contributed by atoms with Gasteiger partial charge in [-0.15, -0.1) is 12.4 Å². The number of rotatable bonds is 2. The van der Waals surface area contributed by atoms with Crippen molar-refractivity contribution in [2.75, 3.05) is 32.8 Å². The average molecular weight is 263 g/mol. The van der Waals surface area contributed by atoms with Crippen molar-refractivity contribution in [1.82, 2.24) is 10.2 Å². The highest BCUT2D eigenvalue weighted by molar-refractivity contribution is 5.85. The number of amides is 1. The number of carbonyl (C=O) groups is 1. The maximum atomic E-state index is 12.0. The first kappa shape index (κ1) is 14.7. The van der Waals surface area contributed by atoms with Crippen LogP contribution in [-0.4, -0.2) is 49.7 Å². The van der Waals surface area contributed by atoms with Crippen LogP contribution in [0.25, 0.3) is 0 Å². The second kappa shape index (κ2) is 6.57. The first-order valence-corrected chi connectivity index (χ1v) is 6.26. The normalized spacial score (nSPS) is 29.6. The Labute approximate surface area is 109 Å². The first-order chi connectivity index (χ1) is 7.68. The van der Waals surface area contributed by atoms with Gasteiger partial charge in [0.15, 0.2) is 0 Å². The van der Waals surface area contributed by atoms with Crippen LogP contribution in [0.5, 0.6) is 0 Å². The summed E-state index contributed by atoms with van der Waals surface area (Å²) in [6.45, 7) is 8.17. The fourth-order valence-corrected chi connectivity index (χ4v) is 2.69. The van der Waals surface area contributed by atoms with Gasteiger partial charge in [-0.25, -0.2) is 0 Å². The number of piperidine rings is 1. The molecule has 1 amide bonds. The maximum absolute atomic E-state index is 12.0. The lowest BCUT2D eigenvalue weighted by Crippen LogP contribution is -2.52. The zero-order valence-corrected chi connectivity index (χ0v) is 11.5. The lowest BCUT2D eigenvalue weighted by Gasteiger charge is -2.38. The van der Waals surface area contributed by atoms with Crippen LogP contribution in [0.2, 0.25) is 0 Å². The van der Waals surface area contributed by atoms with Crippen LogP contribution in [0.4, 0.5) is 0 Å². The molecule has 2 aliphatic heterocycles. The minimum absolute atomic E-state index is 0. The second-order valence-electron chi connectivity index (χ2n) is 5.28. The van der Waals surface area contributed by atoms with Crippen molar-refractivity contribution in [2.45, 2.75) is 26.3 Å². The zero-order chi connectivity index (χ0) is 11.5. The van der Waals surface area contributed by atoms with Gasteiger partial charge in [-0.2, -0.15) is 0 Å². The third-order valence-electron chi connectivity index (χ3n) is 3.41. The van der Waals surface area contributed by atoms with Gasteiger partial charge >= 0.3 is 0 Å².